The molecule has 0 bridgehead atoms. The molecule has 1 saturated carbocycles. The second kappa shape index (κ2) is 5.67. The highest BCUT2D eigenvalue weighted by Crippen LogP contribution is 2.20. The number of hydrogen-bond acceptors (Lipinski definition) is 4. The molecule has 6 heteroatoms. The summed E-state index contributed by atoms with van der Waals surface area (Å²) in [6.45, 7) is 0. The molecule has 0 aromatic carbocycles. The smallest absolute Gasteiger partial charge is 0.242 e. The van der Waals surface area contributed by atoms with Gasteiger partial charge in [0.25, 0.3) is 0 Å². The third kappa shape index (κ3) is 3.20. The summed E-state index contributed by atoms with van der Waals surface area (Å²) in [5.74, 6) is 0.659. The largest absolute Gasteiger partial charge is 0.373 e. The fraction of sp³-hybridized carbons (Fsp3) is 0.583. The summed E-state index contributed by atoms with van der Waals surface area (Å²) in [4.78, 5) is 4.26. The first-order valence-electron chi connectivity index (χ1n) is 6.28. The Balaban J connectivity index is 2.08. The van der Waals surface area contributed by atoms with Crippen molar-refractivity contribution in [1.29, 1.82) is 0 Å². The summed E-state index contributed by atoms with van der Waals surface area (Å²) in [7, 11) is -1.68. The van der Waals surface area contributed by atoms with Crippen molar-refractivity contribution in [2.24, 2.45) is 0 Å². The van der Waals surface area contributed by atoms with Gasteiger partial charge in [-0.2, -0.15) is 0 Å². The second-order valence-electron chi connectivity index (χ2n) is 4.59. The van der Waals surface area contributed by atoms with E-state index in [1.165, 1.54) is 12.6 Å². The van der Waals surface area contributed by atoms with Crippen molar-refractivity contribution in [1.82, 2.24) is 9.71 Å². The molecule has 2 rings (SSSR count). The fourth-order valence-electron chi connectivity index (χ4n) is 2.20. The zero-order valence-corrected chi connectivity index (χ0v) is 11.3. The van der Waals surface area contributed by atoms with Crippen molar-refractivity contribution in [3.05, 3.63) is 18.3 Å². The van der Waals surface area contributed by atoms with E-state index < -0.39 is 10.0 Å². The van der Waals surface area contributed by atoms with Gasteiger partial charge in [0.1, 0.15) is 10.7 Å². The van der Waals surface area contributed by atoms with Gasteiger partial charge < -0.3 is 5.32 Å². The monoisotopic (exact) mass is 269 g/mol. The van der Waals surface area contributed by atoms with Gasteiger partial charge >= 0.3 is 0 Å². The van der Waals surface area contributed by atoms with Crippen molar-refractivity contribution >= 4 is 15.8 Å². The topological polar surface area (TPSA) is 71.1 Å². The van der Waals surface area contributed by atoms with Crippen LogP contribution in [0.5, 0.6) is 0 Å². The van der Waals surface area contributed by atoms with Gasteiger partial charge in [-0.05, 0) is 25.0 Å². The van der Waals surface area contributed by atoms with Crippen LogP contribution in [0.25, 0.3) is 0 Å². The molecule has 1 aliphatic carbocycles. The maximum absolute atomic E-state index is 12.1. The average Bonchev–Trinajstić information content (AvgIpc) is 2.39. The van der Waals surface area contributed by atoms with Gasteiger partial charge in [0.15, 0.2) is 0 Å². The third-order valence-electron chi connectivity index (χ3n) is 3.23. The van der Waals surface area contributed by atoms with Crippen molar-refractivity contribution in [3.8, 4) is 0 Å². The van der Waals surface area contributed by atoms with Crippen LogP contribution < -0.4 is 10.0 Å². The molecule has 0 saturated heterocycles. The summed E-state index contributed by atoms with van der Waals surface area (Å²) in [6, 6.07) is 3.31. The van der Waals surface area contributed by atoms with E-state index in [9.17, 15) is 8.42 Å². The minimum Gasteiger partial charge on any atom is -0.373 e. The highest BCUT2D eigenvalue weighted by molar-refractivity contribution is 7.89. The first kappa shape index (κ1) is 13.3. The summed E-state index contributed by atoms with van der Waals surface area (Å²) in [6.07, 6.45) is 6.66. The molecule has 0 unspecified atom stereocenters. The molecule has 1 aromatic heterocycles. The van der Waals surface area contributed by atoms with Crippen LogP contribution in [0.1, 0.15) is 32.1 Å². The first-order valence-corrected chi connectivity index (χ1v) is 7.76. The lowest BCUT2D eigenvalue weighted by molar-refractivity contribution is 0.412. The van der Waals surface area contributed by atoms with E-state index in [4.69, 9.17) is 0 Å². The fourth-order valence-corrected chi connectivity index (χ4v) is 3.44. The molecule has 0 spiro atoms. The molecule has 0 atom stereocenters. The summed E-state index contributed by atoms with van der Waals surface area (Å²) in [5, 5.41) is 2.86. The Bertz CT molecular complexity index is 479. The third-order valence-corrected chi connectivity index (χ3v) is 4.74. The number of sulfonamides is 1. The summed E-state index contributed by atoms with van der Waals surface area (Å²) in [5.41, 5.74) is 0. The Hall–Kier alpha value is -1.14. The maximum atomic E-state index is 12.1. The number of aromatic nitrogens is 1. The summed E-state index contributed by atoms with van der Waals surface area (Å²) >= 11 is 0. The van der Waals surface area contributed by atoms with Crippen molar-refractivity contribution in [3.63, 3.8) is 0 Å². The van der Waals surface area contributed by atoms with Gasteiger partial charge in [0.2, 0.25) is 10.0 Å². The lowest BCUT2D eigenvalue weighted by atomic mass is 9.96. The van der Waals surface area contributed by atoms with E-state index >= 15 is 0 Å². The average molecular weight is 269 g/mol. The first-order chi connectivity index (χ1) is 8.62. The van der Waals surface area contributed by atoms with Gasteiger partial charge in [0.05, 0.1) is 0 Å². The Morgan fingerprint density at radius 2 is 1.94 bits per heavy atom. The zero-order valence-electron chi connectivity index (χ0n) is 10.5. The van der Waals surface area contributed by atoms with E-state index in [1.807, 2.05) is 0 Å². The van der Waals surface area contributed by atoms with Crippen LogP contribution in [0.4, 0.5) is 5.82 Å². The van der Waals surface area contributed by atoms with E-state index in [0.717, 1.165) is 25.7 Å². The number of rotatable bonds is 4. The van der Waals surface area contributed by atoms with Crippen LogP contribution in [-0.2, 0) is 10.0 Å². The lowest BCUT2D eigenvalue weighted by Crippen LogP contribution is -2.36. The maximum Gasteiger partial charge on any atom is 0.242 e. The molecule has 0 amide bonds. The Morgan fingerprint density at radius 3 is 2.50 bits per heavy atom. The van der Waals surface area contributed by atoms with Gasteiger partial charge in [0, 0.05) is 19.3 Å². The van der Waals surface area contributed by atoms with Crippen LogP contribution in [0.15, 0.2) is 23.2 Å². The van der Waals surface area contributed by atoms with E-state index in [0.29, 0.717) is 5.82 Å². The number of nitrogens with one attached hydrogen (secondary N) is 2. The molecule has 1 aromatic rings. The Morgan fingerprint density at radius 1 is 1.22 bits per heavy atom. The standard InChI is InChI=1S/C12H19N3O2S/c1-13-12-8-7-11(9-14-12)18(16,17)15-10-5-3-2-4-6-10/h7-10,15H,2-6H2,1H3,(H,13,14). The molecule has 5 nitrogen and oxygen atoms in total. The van der Waals surface area contributed by atoms with Gasteiger partial charge in [-0.1, -0.05) is 19.3 Å². The summed E-state index contributed by atoms with van der Waals surface area (Å²) < 4.78 is 27.0. The highest BCUT2D eigenvalue weighted by Gasteiger charge is 2.21. The SMILES string of the molecule is CNc1ccc(S(=O)(=O)NC2CCCCC2)cn1. The lowest BCUT2D eigenvalue weighted by Gasteiger charge is -2.22. The number of nitrogens with zero attached hydrogens (tertiary/aromatic N) is 1. The molecule has 100 valence electrons. The predicted octanol–water partition coefficient (Wildman–Crippen LogP) is 1.73. The van der Waals surface area contributed by atoms with Crippen LogP contribution in [-0.4, -0.2) is 26.5 Å². The number of hydrogen-bond donors (Lipinski definition) is 2. The molecule has 18 heavy (non-hydrogen) atoms. The van der Waals surface area contributed by atoms with Crippen LogP contribution in [0.2, 0.25) is 0 Å². The Kier molecular flexibility index (Phi) is 4.19. The minimum absolute atomic E-state index is 0.0766. The van der Waals surface area contributed by atoms with Crippen molar-refractivity contribution in [2.45, 2.75) is 43.0 Å². The van der Waals surface area contributed by atoms with Gasteiger partial charge in [-0.25, -0.2) is 18.1 Å². The normalized spacial score (nSPS) is 17.6. The van der Waals surface area contributed by atoms with Crippen molar-refractivity contribution < 1.29 is 8.42 Å². The Labute approximate surface area is 108 Å². The van der Waals surface area contributed by atoms with Crippen LogP contribution in [0.3, 0.4) is 0 Å². The number of pyridine rings is 1. The zero-order chi connectivity index (χ0) is 13.0. The molecule has 0 radical (unpaired) electrons. The second-order valence-corrected chi connectivity index (χ2v) is 6.30. The minimum atomic E-state index is -3.43. The molecule has 0 aliphatic heterocycles. The van der Waals surface area contributed by atoms with E-state index in [-0.39, 0.29) is 10.9 Å². The quantitative estimate of drug-likeness (QED) is 0.873. The molecule has 1 fully saturated rings. The van der Waals surface area contributed by atoms with E-state index in [1.54, 1.807) is 19.2 Å². The van der Waals surface area contributed by atoms with Gasteiger partial charge in [-0.3, -0.25) is 0 Å². The molecule has 2 N–H and O–H groups in total. The van der Waals surface area contributed by atoms with Gasteiger partial charge in [-0.15, -0.1) is 0 Å². The highest BCUT2D eigenvalue weighted by atomic mass is 32.2. The predicted molar refractivity (Wildman–Crippen MR) is 71.0 cm³/mol. The molecular formula is C12H19N3O2S. The molecule has 1 aliphatic rings. The van der Waals surface area contributed by atoms with E-state index in [2.05, 4.69) is 15.0 Å². The van der Waals surface area contributed by atoms with Crippen LogP contribution in [0, 0.1) is 0 Å². The van der Waals surface area contributed by atoms with Crippen LogP contribution >= 0.6 is 0 Å². The number of anilines is 1. The molecule has 1 heterocycles. The molecular weight excluding hydrogens is 250 g/mol. The van der Waals surface area contributed by atoms with Crippen molar-refractivity contribution in [2.75, 3.05) is 12.4 Å².